The van der Waals surface area contributed by atoms with E-state index in [1.54, 1.807) is 13.8 Å². The van der Waals surface area contributed by atoms with Crippen LogP contribution in [0.3, 0.4) is 0 Å². The minimum atomic E-state index is -0.969. The normalized spacial score (nSPS) is 19.3. The Morgan fingerprint density at radius 2 is 1.87 bits per heavy atom. The highest BCUT2D eigenvalue weighted by Gasteiger charge is 2.34. The van der Waals surface area contributed by atoms with Crippen molar-refractivity contribution in [2.45, 2.75) is 76.9 Å². The fourth-order valence-corrected chi connectivity index (χ4v) is 3.90. The molecule has 0 aliphatic carbocycles. The van der Waals surface area contributed by atoms with E-state index < -0.39 is 30.1 Å². The van der Waals surface area contributed by atoms with Crippen molar-refractivity contribution in [3.8, 4) is 0 Å². The molecule has 30 heavy (non-hydrogen) atoms. The standard InChI is InChI=1S/C23H34N2O5/c1-3-30-23(29)19(15-14-18-11-7-6-8-12-18)24-17(2)21(26)25-16-10-5-4-9-13-20(25)22(27)28/h6-8,11-12,17,19-20,24H,3-5,9-10,13-16H2,1-2H3,(H,27,28)/t17-,19?,20-/m0/s1. The number of carboxylic acid groups (broad SMARTS) is 1. The molecule has 2 rings (SSSR count). The Balaban J connectivity index is 2.07. The van der Waals surface area contributed by atoms with E-state index in [0.717, 1.165) is 31.2 Å². The van der Waals surface area contributed by atoms with Gasteiger partial charge in [-0.2, -0.15) is 0 Å². The molecule has 1 heterocycles. The van der Waals surface area contributed by atoms with Gasteiger partial charge in [-0.05, 0) is 45.1 Å². The third-order valence-corrected chi connectivity index (χ3v) is 5.53. The lowest BCUT2D eigenvalue weighted by molar-refractivity contribution is -0.152. The monoisotopic (exact) mass is 418 g/mol. The molecule has 1 aromatic carbocycles. The smallest absolute Gasteiger partial charge is 0.326 e. The predicted octanol–water partition coefficient (Wildman–Crippen LogP) is 2.77. The molecule has 7 heteroatoms. The molecule has 1 fully saturated rings. The lowest BCUT2D eigenvalue weighted by Crippen LogP contribution is -2.55. The van der Waals surface area contributed by atoms with Gasteiger partial charge in [-0.25, -0.2) is 4.79 Å². The van der Waals surface area contributed by atoms with Gasteiger partial charge in [-0.15, -0.1) is 0 Å². The summed E-state index contributed by atoms with van der Waals surface area (Å²) >= 11 is 0. The topological polar surface area (TPSA) is 95.9 Å². The number of nitrogens with zero attached hydrogens (tertiary/aromatic N) is 1. The van der Waals surface area contributed by atoms with Crippen LogP contribution in [0, 0.1) is 0 Å². The zero-order valence-electron chi connectivity index (χ0n) is 18.0. The van der Waals surface area contributed by atoms with Crippen molar-refractivity contribution >= 4 is 17.8 Å². The van der Waals surface area contributed by atoms with Gasteiger partial charge in [0, 0.05) is 6.54 Å². The number of aliphatic carboxylic acids is 1. The second kappa shape index (κ2) is 12.3. The quantitative estimate of drug-likeness (QED) is 0.599. The van der Waals surface area contributed by atoms with E-state index in [9.17, 15) is 19.5 Å². The van der Waals surface area contributed by atoms with Gasteiger partial charge >= 0.3 is 11.9 Å². The van der Waals surface area contributed by atoms with Gasteiger partial charge < -0.3 is 14.7 Å². The van der Waals surface area contributed by atoms with E-state index in [2.05, 4.69) is 5.32 Å². The first-order chi connectivity index (χ1) is 14.4. The number of likely N-dealkylation sites (tertiary alicyclic amines) is 1. The van der Waals surface area contributed by atoms with Crippen molar-refractivity contribution in [3.63, 3.8) is 0 Å². The number of amides is 1. The molecule has 0 aromatic heterocycles. The molecule has 7 nitrogen and oxygen atoms in total. The SMILES string of the molecule is CCOC(=O)C(CCc1ccccc1)N[C@@H](C)C(=O)N1CCCCCC[C@H]1C(=O)O. The Morgan fingerprint density at radius 1 is 1.17 bits per heavy atom. The lowest BCUT2D eigenvalue weighted by atomic mass is 10.0. The molecule has 3 atom stereocenters. The molecule has 166 valence electrons. The summed E-state index contributed by atoms with van der Waals surface area (Å²) in [7, 11) is 0. The van der Waals surface area contributed by atoms with Crippen LogP contribution in [-0.2, 0) is 25.5 Å². The molecule has 0 bridgehead atoms. The molecule has 2 N–H and O–H groups in total. The zero-order chi connectivity index (χ0) is 21.9. The maximum absolute atomic E-state index is 13.1. The Bertz CT molecular complexity index is 694. The molecular weight excluding hydrogens is 384 g/mol. The van der Waals surface area contributed by atoms with Crippen LogP contribution in [0.5, 0.6) is 0 Å². The van der Waals surface area contributed by atoms with Crippen LogP contribution in [-0.4, -0.2) is 59.1 Å². The molecular formula is C23H34N2O5. The van der Waals surface area contributed by atoms with E-state index in [4.69, 9.17) is 4.74 Å². The molecule has 1 aromatic rings. The summed E-state index contributed by atoms with van der Waals surface area (Å²) in [5.41, 5.74) is 1.10. The summed E-state index contributed by atoms with van der Waals surface area (Å²) in [6.45, 7) is 4.13. The van der Waals surface area contributed by atoms with Gasteiger partial charge in [0.25, 0.3) is 0 Å². The average Bonchev–Trinajstić information content (AvgIpc) is 2.71. The summed E-state index contributed by atoms with van der Waals surface area (Å²) < 4.78 is 5.19. The first kappa shape index (κ1) is 23.9. The van der Waals surface area contributed by atoms with Crippen molar-refractivity contribution in [2.24, 2.45) is 0 Å². The molecule has 1 aliphatic heterocycles. The molecule has 0 spiro atoms. The highest BCUT2D eigenvalue weighted by atomic mass is 16.5. The Morgan fingerprint density at radius 3 is 2.53 bits per heavy atom. The fourth-order valence-electron chi connectivity index (χ4n) is 3.90. The second-order valence-electron chi connectivity index (χ2n) is 7.81. The number of nitrogens with one attached hydrogen (secondary N) is 1. The summed E-state index contributed by atoms with van der Waals surface area (Å²) in [6, 6.07) is 7.69. The number of carbonyl (C=O) groups excluding carboxylic acids is 2. The summed E-state index contributed by atoms with van der Waals surface area (Å²) in [6.07, 6.45) is 5.18. The first-order valence-corrected chi connectivity index (χ1v) is 10.9. The Hall–Kier alpha value is -2.41. The average molecular weight is 419 g/mol. The fraction of sp³-hybridized carbons (Fsp3) is 0.609. The number of esters is 1. The largest absolute Gasteiger partial charge is 0.480 e. The van der Waals surface area contributed by atoms with E-state index >= 15 is 0 Å². The molecule has 0 radical (unpaired) electrons. The number of carboxylic acids is 1. The van der Waals surface area contributed by atoms with E-state index in [1.165, 1.54) is 4.90 Å². The van der Waals surface area contributed by atoms with Gasteiger partial charge in [0.15, 0.2) is 0 Å². The predicted molar refractivity (Wildman–Crippen MR) is 114 cm³/mol. The maximum Gasteiger partial charge on any atom is 0.326 e. The van der Waals surface area contributed by atoms with Crippen LogP contribution in [0.4, 0.5) is 0 Å². The molecule has 0 saturated carbocycles. The zero-order valence-corrected chi connectivity index (χ0v) is 18.0. The molecule has 1 unspecified atom stereocenters. The lowest BCUT2D eigenvalue weighted by Gasteiger charge is -2.34. The van der Waals surface area contributed by atoms with Crippen molar-refractivity contribution < 1.29 is 24.2 Å². The van der Waals surface area contributed by atoms with E-state index in [1.807, 2.05) is 30.3 Å². The summed E-state index contributed by atoms with van der Waals surface area (Å²) in [5, 5.41) is 12.7. The highest BCUT2D eigenvalue weighted by molar-refractivity contribution is 5.87. The van der Waals surface area contributed by atoms with Crippen molar-refractivity contribution in [1.29, 1.82) is 0 Å². The van der Waals surface area contributed by atoms with Crippen molar-refractivity contribution in [2.75, 3.05) is 13.2 Å². The second-order valence-corrected chi connectivity index (χ2v) is 7.81. The first-order valence-electron chi connectivity index (χ1n) is 10.9. The number of ether oxygens (including phenoxy) is 1. The number of rotatable bonds is 9. The minimum Gasteiger partial charge on any atom is -0.480 e. The van der Waals surface area contributed by atoms with Crippen LogP contribution in [0.25, 0.3) is 0 Å². The van der Waals surface area contributed by atoms with Crippen molar-refractivity contribution in [3.05, 3.63) is 35.9 Å². The number of benzene rings is 1. The van der Waals surface area contributed by atoms with E-state index in [0.29, 0.717) is 25.8 Å². The molecule has 1 aliphatic rings. The van der Waals surface area contributed by atoms with Gasteiger partial charge in [-0.3, -0.25) is 14.9 Å². The Kier molecular flexibility index (Phi) is 9.80. The van der Waals surface area contributed by atoms with Gasteiger partial charge in [0.05, 0.1) is 12.6 Å². The third-order valence-electron chi connectivity index (χ3n) is 5.53. The van der Waals surface area contributed by atoms with E-state index in [-0.39, 0.29) is 12.5 Å². The maximum atomic E-state index is 13.1. The Labute approximate surface area is 178 Å². The van der Waals surface area contributed by atoms with Crippen LogP contribution < -0.4 is 5.32 Å². The number of carbonyl (C=O) groups is 3. The third kappa shape index (κ3) is 7.13. The summed E-state index contributed by atoms with van der Waals surface area (Å²) in [4.78, 5) is 38.8. The van der Waals surface area contributed by atoms with Gasteiger partial charge in [0.2, 0.25) is 5.91 Å². The number of hydrogen-bond donors (Lipinski definition) is 2. The van der Waals surface area contributed by atoms with Crippen LogP contribution >= 0.6 is 0 Å². The van der Waals surface area contributed by atoms with Gasteiger partial charge in [0.1, 0.15) is 12.1 Å². The molecule has 1 amide bonds. The molecule has 1 saturated heterocycles. The minimum absolute atomic E-state index is 0.262. The number of aryl methyl sites for hydroxylation is 1. The van der Waals surface area contributed by atoms with Crippen LogP contribution in [0.15, 0.2) is 30.3 Å². The number of hydrogen-bond acceptors (Lipinski definition) is 5. The van der Waals surface area contributed by atoms with Crippen molar-refractivity contribution in [1.82, 2.24) is 10.2 Å². The van der Waals surface area contributed by atoms with Crippen LogP contribution in [0.1, 0.15) is 57.9 Å². The highest BCUT2D eigenvalue weighted by Crippen LogP contribution is 2.18. The van der Waals surface area contributed by atoms with Crippen LogP contribution in [0.2, 0.25) is 0 Å². The van der Waals surface area contributed by atoms with Gasteiger partial charge in [-0.1, -0.05) is 49.6 Å². The summed E-state index contributed by atoms with van der Waals surface area (Å²) in [5.74, 6) is -1.64.